The van der Waals surface area contributed by atoms with Gasteiger partial charge in [0.15, 0.2) is 0 Å². The van der Waals surface area contributed by atoms with Crippen LogP contribution in [0.4, 0.5) is 0 Å². The first kappa shape index (κ1) is 20.0. The molecule has 5 nitrogen and oxygen atoms in total. The van der Waals surface area contributed by atoms with Gasteiger partial charge in [-0.05, 0) is 43.7 Å². The van der Waals surface area contributed by atoms with Crippen molar-refractivity contribution < 1.29 is 5.11 Å². The molecule has 0 saturated heterocycles. The Kier molecular flexibility index (Phi) is 5.41. The maximum absolute atomic E-state index is 13.1. The molecule has 1 aromatic heterocycles. The van der Waals surface area contributed by atoms with Crippen LogP contribution in [0.2, 0.25) is 15.1 Å². The molecule has 27 heavy (non-hydrogen) atoms. The highest BCUT2D eigenvalue weighted by Gasteiger charge is 2.21. The summed E-state index contributed by atoms with van der Waals surface area (Å²) in [5.74, 6) is 0. The zero-order valence-corrected chi connectivity index (χ0v) is 16.9. The van der Waals surface area contributed by atoms with Crippen LogP contribution < -0.4 is 11.2 Å². The molecular formula is C19H17Cl3N2O3. The summed E-state index contributed by atoms with van der Waals surface area (Å²) in [5.41, 5.74) is -1.23. The van der Waals surface area contributed by atoms with E-state index in [9.17, 15) is 14.7 Å². The molecule has 2 aromatic carbocycles. The molecule has 0 amide bonds. The zero-order valence-electron chi connectivity index (χ0n) is 14.7. The monoisotopic (exact) mass is 426 g/mol. The van der Waals surface area contributed by atoms with Crippen LogP contribution >= 0.6 is 34.8 Å². The van der Waals surface area contributed by atoms with Gasteiger partial charge in [0, 0.05) is 10.0 Å². The number of nitrogens with zero attached hydrogens (tertiary/aromatic N) is 2. The zero-order chi connectivity index (χ0) is 19.9. The van der Waals surface area contributed by atoms with Crippen molar-refractivity contribution in [3.8, 4) is 0 Å². The van der Waals surface area contributed by atoms with Gasteiger partial charge >= 0.3 is 5.69 Å². The van der Waals surface area contributed by atoms with Crippen LogP contribution in [0.5, 0.6) is 0 Å². The van der Waals surface area contributed by atoms with Gasteiger partial charge in [-0.3, -0.25) is 13.9 Å². The van der Waals surface area contributed by atoms with Crippen LogP contribution in [-0.4, -0.2) is 19.8 Å². The normalized spacial score (nSPS) is 11.9. The fraction of sp³-hybridized carbons (Fsp3) is 0.263. The van der Waals surface area contributed by atoms with Crippen LogP contribution in [0.3, 0.4) is 0 Å². The summed E-state index contributed by atoms with van der Waals surface area (Å²) in [7, 11) is 0. The van der Waals surface area contributed by atoms with Crippen molar-refractivity contribution >= 4 is 45.7 Å². The van der Waals surface area contributed by atoms with Crippen molar-refractivity contribution in [2.45, 2.75) is 32.5 Å². The molecule has 0 aliphatic heterocycles. The highest BCUT2D eigenvalue weighted by Crippen LogP contribution is 2.25. The third-order valence-electron chi connectivity index (χ3n) is 4.04. The molecule has 0 atom stereocenters. The van der Waals surface area contributed by atoms with Gasteiger partial charge in [-0.1, -0.05) is 46.9 Å². The van der Waals surface area contributed by atoms with Gasteiger partial charge in [-0.25, -0.2) is 4.79 Å². The number of aromatic nitrogens is 2. The predicted molar refractivity (Wildman–Crippen MR) is 109 cm³/mol. The first-order valence-electron chi connectivity index (χ1n) is 8.16. The SMILES string of the molecule is CC(C)(O)Cn1c(=O)n(Cc2ccc(Cl)cc2)c(=O)c2c(Cl)cc(Cl)cc21. The Balaban J connectivity index is 2.32. The Labute approximate surface area is 170 Å². The van der Waals surface area contributed by atoms with Crippen LogP contribution in [0.25, 0.3) is 10.9 Å². The summed E-state index contributed by atoms with van der Waals surface area (Å²) >= 11 is 18.2. The topological polar surface area (TPSA) is 64.2 Å². The van der Waals surface area contributed by atoms with Crippen molar-refractivity contribution in [1.29, 1.82) is 0 Å². The minimum atomic E-state index is -1.19. The molecule has 0 unspecified atom stereocenters. The molecule has 1 N–H and O–H groups in total. The highest BCUT2D eigenvalue weighted by atomic mass is 35.5. The van der Waals surface area contributed by atoms with E-state index >= 15 is 0 Å². The van der Waals surface area contributed by atoms with Gasteiger partial charge in [-0.2, -0.15) is 0 Å². The summed E-state index contributed by atoms with van der Waals surface area (Å²) in [4.78, 5) is 26.1. The quantitative estimate of drug-likeness (QED) is 0.686. The number of rotatable bonds is 4. The maximum atomic E-state index is 13.1. The Morgan fingerprint density at radius 3 is 2.19 bits per heavy atom. The van der Waals surface area contributed by atoms with Gasteiger partial charge in [0.05, 0.1) is 34.6 Å². The largest absolute Gasteiger partial charge is 0.389 e. The lowest BCUT2D eigenvalue weighted by atomic mass is 10.1. The van der Waals surface area contributed by atoms with Gasteiger partial charge < -0.3 is 5.11 Å². The van der Waals surface area contributed by atoms with Crippen molar-refractivity contribution in [2.75, 3.05) is 0 Å². The molecule has 0 saturated carbocycles. The van der Waals surface area contributed by atoms with Crippen LogP contribution in [-0.2, 0) is 13.1 Å². The second kappa shape index (κ2) is 7.32. The predicted octanol–water partition coefficient (Wildman–Crippen LogP) is 3.94. The van der Waals surface area contributed by atoms with E-state index in [1.165, 1.54) is 16.7 Å². The van der Waals surface area contributed by atoms with E-state index in [0.717, 1.165) is 10.1 Å². The summed E-state index contributed by atoms with van der Waals surface area (Å²) in [5, 5.41) is 11.4. The van der Waals surface area contributed by atoms with Crippen molar-refractivity contribution in [1.82, 2.24) is 9.13 Å². The smallest absolute Gasteiger partial charge is 0.331 e. The number of aliphatic hydroxyl groups is 1. The Bertz CT molecular complexity index is 1130. The van der Waals surface area contributed by atoms with Crippen molar-refractivity contribution in [2.24, 2.45) is 0 Å². The van der Waals surface area contributed by atoms with Crippen molar-refractivity contribution in [3.05, 3.63) is 77.9 Å². The summed E-state index contributed by atoms with van der Waals surface area (Å²) < 4.78 is 2.42. The average molecular weight is 428 g/mol. The van der Waals surface area contributed by atoms with Crippen LogP contribution in [0.15, 0.2) is 46.0 Å². The van der Waals surface area contributed by atoms with E-state index < -0.39 is 16.9 Å². The number of halogens is 3. The standard InChI is InChI=1S/C19H17Cl3N2O3/c1-19(2,27)10-24-15-8-13(21)7-14(22)16(15)17(25)23(18(24)26)9-11-3-5-12(20)6-4-11/h3-8,27H,9-10H2,1-2H3. The van der Waals surface area contributed by atoms with E-state index in [2.05, 4.69) is 0 Å². The number of fused-ring (bicyclic) bond motifs is 1. The average Bonchev–Trinajstić information content (AvgIpc) is 2.55. The Morgan fingerprint density at radius 2 is 1.59 bits per heavy atom. The molecule has 8 heteroatoms. The van der Waals surface area contributed by atoms with Gasteiger partial charge in [0.25, 0.3) is 5.56 Å². The van der Waals surface area contributed by atoms with Gasteiger partial charge in [0.1, 0.15) is 0 Å². The molecule has 0 radical (unpaired) electrons. The maximum Gasteiger partial charge on any atom is 0.331 e. The number of hydrogen-bond acceptors (Lipinski definition) is 3. The Morgan fingerprint density at radius 1 is 0.963 bits per heavy atom. The fourth-order valence-electron chi connectivity index (χ4n) is 2.91. The molecule has 0 spiro atoms. The molecular weight excluding hydrogens is 411 g/mol. The minimum absolute atomic E-state index is 0.0279. The molecule has 0 aliphatic carbocycles. The molecule has 142 valence electrons. The lowest BCUT2D eigenvalue weighted by Crippen LogP contribution is -2.43. The lowest BCUT2D eigenvalue weighted by Gasteiger charge is -2.22. The second-order valence-corrected chi connectivity index (χ2v) is 8.26. The molecule has 1 heterocycles. The summed E-state index contributed by atoms with van der Waals surface area (Å²) in [6, 6.07) is 9.81. The second-order valence-electron chi connectivity index (χ2n) is 6.98. The molecule has 0 fully saturated rings. The van der Waals surface area contributed by atoms with Crippen molar-refractivity contribution in [3.63, 3.8) is 0 Å². The minimum Gasteiger partial charge on any atom is -0.389 e. The molecule has 3 aromatic rings. The fourth-order valence-corrected chi connectivity index (χ4v) is 3.60. The van der Waals surface area contributed by atoms with E-state index in [1.807, 2.05) is 0 Å². The third kappa shape index (κ3) is 4.22. The third-order valence-corrected chi connectivity index (χ3v) is 4.81. The first-order chi connectivity index (χ1) is 12.6. The lowest BCUT2D eigenvalue weighted by molar-refractivity contribution is 0.0610. The van der Waals surface area contributed by atoms with Gasteiger partial charge in [-0.15, -0.1) is 0 Å². The highest BCUT2D eigenvalue weighted by molar-refractivity contribution is 6.38. The first-order valence-corrected chi connectivity index (χ1v) is 9.29. The number of hydrogen-bond donors (Lipinski definition) is 1. The van der Waals surface area contributed by atoms with Gasteiger partial charge in [0.2, 0.25) is 0 Å². The van der Waals surface area contributed by atoms with Crippen LogP contribution in [0.1, 0.15) is 19.4 Å². The summed E-state index contributed by atoms with van der Waals surface area (Å²) in [6.07, 6.45) is 0. The van der Waals surface area contributed by atoms with E-state index in [4.69, 9.17) is 34.8 Å². The van der Waals surface area contributed by atoms with E-state index in [0.29, 0.717) is 10.0 Å². The van der Waals surface area contributed by atoms with E-state index in [-0.39, 0.29) is 29.0 Å². The number of benzene rings is 2. The molecule has 3 rings (SSSR count). The molecule has 0 bridgehead atoms. The Hall–Kier alpha value is -1.79. The summed E-state index contributed by atoms with van der Waals surface area (Å²) in [6.45, 7) is 3.17. The molecule has 0 aliphatic rings. The van der Waals surface area contributed by atoms with E-state index in [1.54, 1.807) is 38.1 Å². The van der Waals surface area contributed by atoms with Crippen LogP contribution in [0, 0.1) is 0 Å².